The number of guanidine groups is 2. The molecule has 0 amide bonds. The van der Waals surface area contributed by atoms with Crippen molar-refractivity contribution in [2.75, 3.05) is 40.5 Å². The molecule has 140 valence electrons. The Hall–Kier alpha value is -1.21. The van der Waals surface area contributed by atoms with E-state index < -0.39 is 10.1 Å². The predicted octanol–water partition coefficient (Wildman–Crippen LogP) is -3.55. The van der Waals surface area contributed by atoms with Gasteiger partial charge in [0.05, 0.1) is 23.8 Å². The average molecular weight is 395 g/mol. The van der Waals surface area contributed by atoms with E-state index in [-0.39, 0.29) is 46.4 Å². The van der Waals surface area contributed by atoms with Gasteiger partial charge in [-0.25, -0.2) is 13.4 Å². The van der Waals surface area contributed by atoms with Crippen molar-refractivity contribution in [3.8, 4) is 0 Å². The summed E-state index contributed by atoms with van der Waals surface area (Å²) in [6.45, 7) is 1.89. The van der Waals surface area contributed by atoms with Gasteiger partial charge in [-0.1, -0.05) is 0 Å². The van der Waals surface area contributed by atoms with E-state index in [0.717, 1.165) is 12.1 Å². The molecule has 0 aliphatic rings. The van der Waals surface area contributed by atoms with Gasteiger partial charge in [0.25, 0.3) is 0 Å². The molecule has 0 unspecified atom stereocenters. The molecule has 12 heteroatoms. The van der Waals surface area contributed by atoms with Gasteiger partial charge in [-0.05, 0) is 24.3 Å². The molecule has 1 aromatic rings. The first-order valence-electron chi connectivity index (χ1n) is 7.25. The molecule has 0 atom stereocenters. The third-order valence-electron chi connectivity index (χ3n) is 3.05. The van der Waals surface area contributed by atoms with E-state index >= 15 is 0 Å². The molecule has 0 saturated heterocycles. The first kappa shape index (κ1) is 24.8. The Morgan fingerprint density at radius 2 is 1.62 bits per heavy atom. The molecule has 1 rings (SSSR count). The Balaban J connectivity index is 0.00000625. The van der Waals surface area contributed by atoms with Crippen molar-refractivity contribution in [1.82, 2.24) is 4.90 Å². The number of hydrogen-bond acceptors (Lipinski definition) is 6. The zero-order valence-corrected chi connectivity index (χ0v) is 17.9. The summed E-state index contributed by atoms with van der Waals surface area (Å²) in [6, 6.07) is 4.98. The first-order valence-corrected chi connectivity index (χ1v) is 8.66. The quantitative estimate of drug-likeness (QED) is 0.198. The van der Waals surface area contributed by atoms with Gasteiger partial charge >= 0.3 is 29.6 Å². The summed E-state index contributed by atoms with van der Waals surface area (Å²) >= 11 is 0. The topological polar surface area (TPSA) is 156 Å². The third kappa shape index (κ3) is 8.94. The number of rotatable bonds is 8. The van der Waals surface area contributed by atoms with Crippen molar-refractivity contribution < 1.29 is 52.0 Å². The Labute approximate surface area is 175 Å². The summed E-state index contributed by atoms with van der Waals surface area (Å²) in [5, 5.41) is 0. The van der Waals surface area contributed by atoms with Crippen LogP contribution in [0.25, 0.3) is 0 Å². The van der Waals surface area contributed by atoms with Crippen LogP contribution in [0.15, 0.2) is 39.1 Å². The van der Waals surface area contributed by atoms with E-state index in [1.54, 1.807) is 19.1 Å². The maximum atomic E-state index is 10.9. The molecule has 0 aromatic heterocycles. The largest absolute Gasteiger partial charge is 1.00 e. The second kappa shape index (κ2) is 12.2. The number of benzene rings is 1. The molecule has 0 aliphatic heterocycles. The van der Waals surface area contributed by atoms with Gasteiger partial charge in [-0.15, -0.1) is 0 Å². The Morgan fingerprint density at radius 3 is 2.04 bits per heavy atom. The minimum atomic E-state index is -4.50. The van der Waals surface area contributed by atoms with E-state index in [2.05, 4.69) is 9.98 Å². The molecule has 4 N–H and O–H groups in total. The molecule has 26 heavy (non-hydrogen) atoms. The molecule has 1 aromatic carbocycles. The summed E-state index contributed by atoms with van der Waals surface area (Å²) < 4.78 is 42.7. The maximum absolute atomic E-state index is 10.9. The Kier molecular flexibility index (Phi) is 11.7. The fourth-order valence-corrected chi connectivity index (χ4v) is 2.25. The number of ether oxygens (including phenoxy) is 2. The van der Waals surface area contributed by atoms with Crippen molar-refractivity contribution in [3.63, 3.8) is 0 Å². The maximum Gasteiger partial charge on any atom is 1.00 e. The number of nitrogens with zero attached hydrogens (tertiary/aromatic N) is 3. The standard InChI is InChI=1S/C14H23N5O5S.Na/c1-23-9-7-19(8-10-24-2)14(16)18-13(15)17-11-3-5-12(6-4-11)25(20,21)22;/h3-6H,7-10H2,1-2H3,(H,20,21,22)(H4,15,16,17,18);/q;+1/p-1. The van der Waals surface area contributed by atoms with Crippen molar-refractivity contribution in [3.05, 3.63) is 24.3 Å². The van der Waals surface area contributed by atoms with Crippen LogP contribution in [-0.2, 0) is 19.6 Å². The summed E-state index contributed by atoms with van der Waals surface area (Å²) in [5.41, 5.74) is 12.0. The summed E-state index contributed by atoms with van der Waals surface area (Å²) in [5.74, 6) is 0.0316. The van der Waals surface area contributed by atoms with Crippen LogP contribution in [0.1, 0.15) is 0 Å². The van der Waals surface area contributed by atoms with Gasteiger partial charge in [0.2, 0.25) is 5.96 Å². The van der Waals surface area contributed by atoms with Gasteiger partial charge in [-0.2, -0.15) is 4.99 Å². The van der Waals surface area contributed by atoms with Gasteiger partial charge in [-0.3, -0.25) is 0 Å². The van der Waals surface area contributed by atoms with Crippen LogP contribution in [0.4, 0.5) is 5.69 Å². The van der Waals surface area contributed by atoms with Gasteiger partial charge in [0, 0.05) is 27.3 Å². The van der Waals surface area contributed by atoms with E-state index in [0.29, 0.717) is 32.0 Å². The molecule has 0 bridgehead atoms. The molecule has 0 spiro atoms. The van der Waals surface area contributed by atoms with E-state index in [9.17, 15) is 13.0 Å². The fraction of sp³-hybridized carbons (Fsp3) is 0.429. The predicted molar refractivity (Wildman–Crippen MR) is 92.6 cm³/mol. The normalized spacial score (nSPS) is 12.6. The van der Waals surface area contributed by atoms with Crippen LogP contribution in [0.3, 0.4) is 0 Å². The number of nitrogens with two attached hydrogens (primary N) is 2. The van der Waals surface area contributed by atoms with Crippen molar-refractivity contribution in [1.29, 1.82) is 0 Å². The molecule has 0 heterocycles. The minimum Gasteiger partial charge on any atom is -0.744 e. The first-order chi connectivity index (χ1) is 11.8. The molecular formula is C14H22N5NaO5S. The van der Waals surface area contributed by atoms with Crippen molar-refractivity contribution in [2.24, 2.45) is 21.5 Å². The minimum absolute atomic E-state index is 0. The average Bonchev–Trinajstić information content (AvgIpc) is 2.54. The van der Waals surface area contributed by atoms with Gasteiger partial charge in [0.1, 0.15) is 10.1 Å². The fourth-order valence-electron chi connectivity index (χ4n) is 1.78. The van der Waals surface area contributed by atoms with Crippen LogP contribution in [0, 0.1) is 0 Å². The van der Waals surface area contributed by atoms with Gasteiger partial charge in [0.15, 0.2) is 5.96 Å². The number of hydrogen-bond donors (Lipinski definition) is 2. The second-order valence-corrected chi connectivity index (χ2v) is 6.24. The van der Waals surface area contributed by atoms with Crippen molar-refractivity contribution >= 4 is 27.7 Å². The van der Waals surface area contributed by atoms with Crippen molar-refractivity contribution in [2.45, 2.75) is 4.90 Å². The SMILES string of the molecule is COCCN(CCOC)/C(N)=N/C(N)=Nc1ccc(S(=O)(=O)[O-])cc1.[Na+]. The molecular weight excluding hydrogens is 373 g/mol. The van der Waals surface area contributed by atoms with E-state index in [1.165, 1.54) is 12.1 Å². The Bertz CT molecular complexity index is 701. The van der Waals surface area contributed by atoms with Gasteiger partial charge < -0.3 is 30.4 Å². The zero-order chi connectivity index (χ0) is 18.9. The van der Waals surface area contributed by atoms with Crippen LogP contribution in [0.5, 0.6) is 0 Å². The smallest absolute Gasteiger partial charge is 0.744 e. The summed E-state index contributed by atoms with van der Waals surface area (Å²) in [7, 11) is -1.36. The molecule has 0 fully saturated rings. The van der Waals surface area contributed by atoms with Crippen LogP contribution >= 0.6 is 0 Å². The molecule has 0 saturated carbocycles. The summed E-state index contributed by atoms with van der Waals surface area (Å²) in [6.07, 6.45) is 0. The number of aliphatic imine (C=N–C) groups is 2. The van der Waals surface area contributed by atoms with Crippen LogP contribution in [0.2, 0.25) is 0 Å². The molecule has 0 aliphatic carbocycles. The van der Waals surface area contributed by atoms with E-state index in [4.69, 9.17) is 20.9 Å². The van der Waals surface area contributed by atoms with Crippen LogP contribution in [-0.4, -0.2) is 70.3 Å². The zero-order valence-electron chi connectivity index (χ0n) is 15.1. The monoisotopic (exact) mass is 395 g/mol. The van der Waals surface area contributed by atoms with E-state index in [1.807, 2.05) is 0 Å². The molecule has 0 radical (unpaired) electrons. The summed E-state index contributed by atoms with van der Waals surface area (Å²) in [4.78, 5) is 9.39. The number of methoxy groups -OCH3 is 2. The molecule has 10 nitrogen and oxygen atoms in total. The Morgan fingerprint density at radius 1 is 1.12 bits per heavy atom. The van der Waals surface area contributed by atoms with Crippen LogP contribution < -0.4 is 41.0 Å². The second-order valence-electron chi connectivity index (χ2n) is 4.86. The third-order valence-corrected chi connectivity index (χ3v) is 3.90.